The van der Waals surface area contributed by atoms with E-state index in [2.05, 4.69) is 11.6 Å². The molecule has 0 amide bonds. The van der Waals surface area contributed by atoms with Crippen LogP contribution in [-0.4, -0.2) is 28.6 Å². The van der Waals surface area contributed by atoms with Gasteiger partial charge in [-0.15, -0.1) is 4.72 Å². The van der Waals surface area contributed by atoms with Crippen LogP contribution >= 0.6 is 0 Å². The van der Waals surface area contributed by atoms with Crippen LogP contribution in [0, 0.1) is 5.92 Å². The van der Waals surface area contributed by atoms with E-state index in [4.69, 9.17) is 4.74 Å². The minimum atomic E-state index is -0.960. The van der Waals surface area contributed by atoms with Crippen molar-refractivity contribution in [1.82, 2.24) is 4.72 Å². The van der Waals surface area contributed by atoms with Gasteiger partial charge < -0.3 is 9.29 Å². The van der Waals surface area contributed by atoms with E-state index in [1.165, 1.54) is 0 Å². The van der Waals surface area contributed by atoms with Crippen LogP contribution in [0.25, 0.3) is 0 Å². The lowest BCUT2D eigenvalue weighted by Crippen LogP contribution is -2.47. The van der Waals surface area contributed by atoms with Gasteiger partial charge in [0, 0.05) is 24.6 Å². The Hall–Kier alpha value is 0.230. The van der Waals surface area contributed by atoms with Gasteiger partial charge in [0.05, 0.1) is 6.04 Å². The maximum absolute atomic E-state index is 11.9. The van der Waals surface area contributed by atoms with Gasteiger partial charge in [-0.2, -0.15) is 0 Å². The highest BCUT2D eigenvalue weighted by atomic mass is 32.2. The molecular formula is C11H23NO2S. The Labute approximate surface area is 96.3 Å². The van der Waals surface area contributed by atoms with Crippen molar-refractivity contribution in [2.24, 2.45) is 5.92 Å². The Morgan fingerprint density at radius 1 is 1.33 bits per heavy atom. The van der Waals surface area contributed by atoms with E-state index in [0.29, 0.717) is 12.0 Å². The summed E-state index contributed by atoms with van der Waals surface area (Å²) in [6.07, 6.45) is 2.16. The van der Waals surface area contributed by atoms with Gasteiger partial charge >= 0.3 is 0 Å². The van der Waals surface area contributed by atoms with Gasteiger partial charge in [-0.25, -0.2) is 0 Å². The van der Waals surface area contributed by atoms with Crippen molar-refractivity contribution in [2.45, 2.75) is 51.3 Å². The molecule has 1 rings (SSSR count). The van der Waals surface area contributed by atoms with E-state index in [0.717, 1.165) is 26.1 Å². The molecule has 0 saturated carbocycles. The molecular weight excluding hydrogens is 210 g/mol. The summed E-state index contributed by atoms with van der Waals surface area (Å²) in [5.41, 5.74) is 0. The van der Waals surface area contributed by atoms with E-state index in [9.17, 15) is 4.55 Å². The molecule has 1 fully saturated rings. The zero-order valence-corrected chi connectivity index (χ0v) is 11.0. The summed E-state index contributed by atoms with van der Waals surface area (Å²) in [5, 5.41) is 0. The molecule has 0 spiro atoms. The smallest absolute Gasteiger partial charge is 0.136 e. The van der Waals surface area contributed by atoms with Crippen LogP contribution in [-0.2, 0) is 16.1 Å². The largest absolute Gasteiger partial charge is 0.598 e. The average molecular weight is 233 g/mol. The molecule has 4 heteroatoms. The van der Waals surface area contributed by atoms with Crippen LogP contribution in [0.4, 0.5) is 0 Å². The van der Waals surface area contributed by atoms with Crippen molar-refractivity contribution in [3.63, 3.8) is 0 Å². The average Bonchev–Trinajstić information content (AvgIpc) is 2.17. The minimum Gasteiger partial charge on any atom is -0.598 e. The molecule has 2 atom stereocenters. The Balaban J connectivity index is 2.36. The van der Waals surface area contributed by atoms with Gasteiger partial charge in [0.15, 0.2) is 0 Å². The highest BCUT2D eigenvalue weighted by Crippen LogP contribution is 2.21. The Kier molecular flexibility index (Phi) is 4.90. The molecule has 15 heavy (non-hydrogen) atoms. The lowest BCUT2D eigenvalue weighted by Gasteiger charge is -2.31. The molecule has 1 N–H and O–H groups in total. The second kappa shape index (κ2) is 5.53. The summed E-state index contributed by atoms with van der Waals surface area (Å²) in [6.45, 7) is 9.80. The SMILES string of the molecule is C[C@H](N[S+]([O-])C(C)(C)C)C1CCOCC1. The molecule has 1 heterocycles. The van der Waals surface area contributed by atoms with Crippen molar-refractivity contribution in [1.29, 1.82) is 0 Å². The van der Waals surface area contributed by atoms with Gasteiger partial charge in [0.25, 0.3) is 0 Å². The number of hydrogen-bond acceptors (Lipinski definition) is 3. The summed E-state index contributed by atoms with van der Waals surface area (Å²) < 4.78 is 20.2. The first-order chi connectivity index (χ1) is 6.91. The third-order valence-corrected chi connectivity index (χ3v) is 4.52. The second-order valence-corrected chi connectivity index (χ2v) is 7.24. The van der Waals surface area contributed by atoms with E-state index in [-0.39, 0.29) is 4.75 Å². The van der Waals surface area contributed by atoms with Crippen molar-refractivity contribution >= 4 is 11.4 Å². The van der Waals surface area contributed by atoms with E-state index < -0.39 is 11.4 Å². The highest BCUT2D eigenvalue weighted by Gasteiger charge is 2.31. The molecule has 3 nitrogen and oxygen atoms in total. The van der Waals surface area contributed by atoms with Crippen molar-refractivity contribution < 1.29 is 9.29 Å². The molecule has 0 radical (unpaired) electrons. The van der Waals surface area contributed by atoms with Gasteiger partial charge in [0.2, 0.25) is 0 Å². The zero-order valence-electron chi connectivity index (χ0n) is 10.2. The minimum absolute atomic E-state index is 0.181. The summed E-state index contributed by atoms with van der Waals surface area (Å²) >= 11 is -0.960. The molecule has 1 saturated heterocycles. The van der Waals surface area contributed by atoms with Crippen LogP contribution in [0.5, 0.6) is 0 Å². The fourth-order valence-corrected chi connectivity index (χ4v) is 2.54. The predicted octanol–water partition coefficient (Wildman–Crippen LogP) is 1.85. The first-order valence-electron chi connectivity index (χ1n) is 5.67. The standard InChI is InChI=1S/C11H23NO2S/c1-9(10-5-7-14-8-6-10)12-15(13)11(2,3)4/h9-10,12H,5-8H2,1-4H3/t9-,15?/m0/s1. The third-order valence-electron chi connectivity index (χ3n) is 2.82. The normalized spacial score (nSPS) is 23.8. The monoisotopic (exact) mass is 233 g/mol. The Morgan fingerprint density at radius 2 is 1.87 bits per heavy atom. The summed E-state index contributed by atoms with van der Waals surface area (Å²) in [5.74, 6) is 0.602. The van der Waals surface area contributed by atoms with E-state index in [1.54, 1.807) is 0 Å². The Morgan fingerprint density at radius 3 is 2.33 bits per heavy atom. The van der Waals surface area contributed by atoms with Crippen LogP contribution in [0.15, 0.2) is 0 Å². The fourth-order valence-electron chi connectivity index (χ4n) is 1.66. The quantitative estimate of drug-likeness (QED) is 0.757. The molecule has 1 aliphatic heterocycles. The van der Waals surface area contributed by atoms with E-state index >= 15 is 0 Å². The molecule has 0 aromatic heterocycles. The predicted molar refractivity (Wildman–Crippen MR) is 64.0 cm³/mol. The van der Waals surface area contributed by atoms with Gasteiger partial charge in [-0.1, -0.05) is 0 Å². The maximum atomic E-state index is 11.9. The van der Waals surface area contributed by atoms with Crippen molar-refractivity contribution in [3.8, 4) is 0 Å². The van der Waals surface area contributed by atoms with Gasteiger partial charge in [-0.3, -0.25) is 0 Å². The van der Waals surface area contributed by atoms with Gasteiger partial charge in [0.1, 0.15) is 4.75 Å². The van der Waals surface area contributed by atoms with Crippen LogP contribution in [0.1, 0.15) is 40.5 Å². The second-order valence-electron chi connectivity index (χ2n) is 5.24. The molecule has 0 aromatic rings. The van der Waals surface area contributed by atoms with Crippen LogP contribution in [0.3, 0.4) is 0 Å². The third kappa shape index (κ3) is 4.31. The summed E-state index contributed by atoms with van der Waals surface area (Å²) in [4.78, 5) is 0. The van der Waals surface area contributed by atoms with Crippen molar-refractivity contribution in [2.75, 3.05) is 13.2 Å². The fraction of sp³-hybridized carbons (Fsp3) is 1.00. The topological polar surface area (TPSA) is 44.3 Å². The number of rotatable bonds is 3. The van der Waals surface area contributed by atoms with Crippen LogP contribution in [0.2, 0.25) is 0 Å². The first-order valence-corrected chi connectivity index (χ1v) is 6.82. The van der Waals surface area contributed by atoms with E-state index in [1.807, 2.05) is 20.8 Å². The summed E-state index contributed by atoms with van der Waals surface area (Å²) in [7, 11) is 0. The number of ether oxygens (including phenoxy) is 1. The first kappa shape index (κ1) is 13.3. The molecule has 0 aliphatic carbocycles. The maximum Gasteiger partial charge on any atom is 0.136 e. The Bertz CT molecular complexity index is 188. The molecule has 1 unspecified atom stereocenters. The van der Waals surface area contributed by atoms with Crippen LogP contribution < -0.4 is 4.72 Å². The van der Waals surface area contributed by atoms with Gasteiger partial charge in [-0.05, 0) is 46.5 Å². The van der Waals surface area contributed by atoms with Crippen molar-refractivity contribution in [3.05, 3.63) is 0 Å². The number of hydrogen-bond donors (Lipinski definition) is 1. The highest BCUT2D eigenvalue weighted by molar-refractivity contribution is 7.90. The number of nitrogens with one attached hydrogen (secondary N) is 1. The molecule has 0 aromatic carbocycles. The summed E-state index contributed by atoms with van der Waals surface area (Å²) in [6, 6.07) is 0.314. The molecule has 90 valence electrons. The molecule has 1 aliphatic rings. The molecule has 0 bridgehead atoms. The zero-order chi connectivity index (χ0) is 11.5. The lowest BCUT2D eigenvalue weighted by molar-refractivity contribution is 0.0585. The lowest BCUT2D eigenvalue weighted by atomic mass is 9.94.